The van der Waals surface area contributed by atoms with E-state index < -0.39 is 0 Å². The van der Waals surface area contributed by atoms with Crippen LogP contribution in [0.2, 0.25) is 0 Å². The lowest BCUT2D eigenvalue weighted by atomic mass is 9.85. The van der Waals surface area contributed by atoms with Crippen molar-refractivity contribution in [3.63, 3.8) is 0 Å². The second-order valence-corrected chi connectivity index (χ2v) is 7.96. The molecule has 2 atom stereocenters. The Morgan fingerprint density at radius 1 is 1.48 bits per heavy atom. The topological polar surface area (TPSA) is 36.4 Å². The molecule has 0 N–H and O–H groups in total. The minimum Gasteiger partial charge on any atom is -0.339 e. The number of likely N-dealkylation sites (N-methyl/N-ethyl adjacent to an activating group) is 1. The molecule has 0 bridgehead atoms. The van der Waals surface area contributed by atoms with Gasteiger partial charge in [-0.25, -0.2) is 4.98 Å². The van der Waals surface area contributed by atoms with Crippen molar-refractivity contribution >= 4 is 17.2 Å². The number of carbonyl (C=O) groups is 1. The molecule has 0 unspecified atom stereocenters. The highest BCUT2D eigenvalue weighted by molar-refractivity contribution is 7.11. The molecule has 21 heavy (non-hydrogen) atoms. The molecule has 5 heteroatoms. The Bertz CT molecular complexity index is 529. The van der Waals surface area contributed by atoms with Gasteiger partial charge < -0.3 is 4.90 Å². The summed E-state index contributed by atoms with van der Waals surface area (Å²) in [6.45, 7) is 6.40. The van der Waals surface area contributed by atoms with E-state index in [1.54, 1.807) is 11.3 Å². The van der Waals surface area contributed by atoms with Gasteiger partial charge in [0.05, 0.1) is 10.5 Å². The van der Waals surface area contributed by atoms with E-state index in [2.05, 4.69) is 23.7 Å². The zero-order chi connectivity index (χ0) is 15.0. The summed E-state index contributed by atoms with van der Waals surface area (Å²) in [5.74, 6) is 0.317. The van der Waals surface area contributed by atoms with Gasteiger partial charge in [-0.1, -0.05) is 6.42 Å². The molecule has 0 aliphatic carbocycles. The zero-order valence-electron chi connectivity index (χ0n) is 13.3. The Hall–Kier alpha value is -0.940. The molecule has 2 saturated heterocycles. The molecular formula is C16H25N3OS. The molecule has 1 aromatic rings. The molecule has 2 aliphatic heterocycles. The van der Waals surface area contributed by atoms with Gasteiger partial charge in [-0.3, -0.25) is 9.69 Å². The van der Waals surface area contributed by atoms with Crippen molar-refractivity contribution in [1.29, 1.82) is 0 Å². The monoisotopic (exact) mass is 307 g/mol. The minimum absolute atomic E-state index is 0.00274. The summed E-state index contributed by atoms with van der Waals surface area (Å²) in [6.07, 6.45) is 7.20. The Morgan fingerprint density at radius 3 is 3.00 bits per heavy atom. The lowest BCUT2D eigenvalue weighted by Gasteiger charge is -2.43. The molecule has 2 fully saturated rings. The van der Waals surface area contributed by atoms with E-state index in [-0.39, 0.29) is 5.54 Å². The molecule has 0 spiro atoms. The van der Waals surface area contributed by atoms with Crippen molar-refractivity contribution in [2.75, 3.05) is 13.6 Å². The maximum absolute atomic E-state index is 12.3. The molecule has 116 valence electrons. The van der Waals surface area contributed by atoms with Crippen molar-refractivity contribution in [3.05, 3.63) is 16.1 Å². The standard InChI is InChI=1S/C16H25N3OS/c1-12-17-10-13(21-12)11-19-9-8-16(2)14(19)6-4-5-7-15(20)18(16)3/h10,14H,4-9,11H2,1-3H3/t14-,16-/m1/s1. The van der Waals surface area contributed by atoms with Gasteiger partial charge in [0.2, 0.25) is 5.91 Å². The molecule has 0 radical (unpaired) electrons. The van der Waals surface area contributed by atoms with Crippen LogP contribution < -0.4 is 0 Å². The number of likely N-dealkylation sites (tertiary alicyclic amines) is 2. The fourth-order valence-corrected chi connectivity index (χ4v) is 4.73. The van der Waals surface area contributed by atoms with Crippen molar-refractivity contribution in [2.45, 2.75) is 64.1 Å². The van der Waals surface area contributed by atoms with Crippen LogP contribution in [-0.2, 0) is 11.3 Å². The number of thiazole rings is 1. The van der Waals surface area contributed by atoms with E-state index in [9.17, 15) is 4.79 Å². The number of rotatable bonds is 2. The Balaban J connectivity index is 1.80. The van der Waals surface area contributed by atoms with Crippen LogP contribution in [0, 0.1) is 6.92 Å². The summed E-state index contributed by atoms with van der Waals surface area (Å²) in [4.78, 5) is 22.6. The molecule has 1 amide bonds. The van der Waals surface area contributed by atoms with Gasteiger partial charge in [-0.05, 0) is 33.1 Å². The number of fused-ring (bicyclic) bond motifs is 1. The predicted octanol–water partition coefficient (Wildman–Crippen LogP) is 2.82. The summed E-state index contributed by atoms with van der Waals surface area (Å²) in [6, 6.07) is 0.481. The highest BCUT2D eigenvalue weighted by Gasteiger charge is 2.48. The van der Waals surface area contributed by atoms with Crippen molar-refractivity contribution in [2.24, 2.45) is 0 Å². The molecule has 3 rings (SSSR count). The first kappa shape index (κ1) is 15.0. The molecule has 0 saturated carbocycles. The van der Waals surface area contributed by atoms with E-state index in [0.29, 0.717) is 18.4 Å². The second-order valence-electron chi connectivity index (χ2n) is 6.64. The number of aryl methyl sites for hydroxylation is 1. The van der Waals surface area contributed by atoms with Crippen molar-refractivity contribution in [1.82, 2.24) is 14.8 Å². The zero-order valence-corrected chi connectivity index (χ0v) is 14.1. The van der Waals surface area contributed by atoms with Gasteiger partial charge in [-0.15, -0.1) is 11.3 Å². The van der Waals surface area contributed by atoms with Crippen molar-refractivity contribution in [3.8, 4) is 0 Å². The fraction of sp³-hybridized carbons (Fsp3) is 0.750. The minimum atomic E-state index is -0.00274. The van der Waals surface area contributed by atoms with E-state index in [0.717, 1.165) is 37.4 Å². The average molecular weight is 307 g/mol. The number of amides is 1. The summed E-state index contributed by atoms with van der Waals surface area (Å²) in [7, 11) is 2.00. The van der Waals surface area contributed by atoms with Crippen LogP contribution in [-0.4, -0.2) is 45.9 Å². The van der Waals surface area contributed by atoms with E-state index in [1.165, 1.54) is 11.3 Å². The number of hydrogen-bond donors (Lipinski definition) is 0. The maximum atomic E-state index is 12.3. The number of hydrogen-bond acceptors (Lipinski definition) is 4. The van der Waals surface area contributed by atoms with Crippen LogP contribution in [0.1, 0.15) is 48.9 Å². The Morgan fingerprint density at radius 2 is 2.29 bits per heavy atom. The largest absolute Gasteiger partial charge is 0.339 e. The van der Waals surface area contributed by atoms with E-state index in [1.807, 2.05) is 18.1 Å². The third kappa shape index (κ3) is 2.73. The number of carbonyl (C=O) groups excluding carboxylic acids is 1. The van der Waals surface area contributed by atoms with Crippen molar-refractivity contribution < 1.29 is 4.79 Å². The summed E-state index contributed by atoms with van der Waals surface area (Å²) in [5, 5.41) is 1.14. The SMILES string of the molecule is Cc1ncc(CN2CC[C@]3(C)[C@H]2CCCCC(=O)N3C)s1. The average Bonchev–Trinajstić information content (AvgIpc) is 2.99. The third-order valence-corrected chi connectivity index (χ3v) is 6.25. The van der Waals surface area contributed by atoms with Crippen LogP contribution in [0.5, 0.6) is 0 Å². The van der Waals surface area contributed by atoms with Crippen LogP contribution in [0.3, 0.4) is 0 Å². The van der Waals surface area contributed by atoms with Gasteiger partial charge >= 0.3 is 0 Å². The van der Waals surface area contributed by atoms with Crippen LogP contribution in [0.25, 0.3) is 0 Å². The molecule has 3 heterocycles. The maximum Gasteiger partial charge on any atom is 0.222 e. The van der Waals surface area contributed by atoms with Gasteiger partial charge in [0, 0.05) is 43.7 Å². The Labute approximate surface area is 131 Å². The van der Waals surface area contributed by atoms with Crippen LogP contribution >= 0.6 is 11.3 Å². The lowest BCUT2D eigenvalue weighted by Crippen LogP contribution is -2.55. The van der Waals surface area contributed by atoms with E-state index in [4.69, 9.17) is 0 Å². The van der Waals surface area contributed by atoms with Gasteiger partial charge in [0.15, 0.2) is 0 Å². The molecule has 4 nitrogen and oxygen atoms in total. The molecule has 0 aromatic carbocycles. The van der Waals surface area contributed by atoms with E-state index >= 15 is 0 Å². The van der Waals surface area contributed by atoms with Gasteiger partial charge in [0.1, 0.15) is 0 Å². The fourth-order valence-electron chi connectivity index (χ4n) is 3.90. The number of nitrogens with zero attached hydrogens (tertiary/aromatic N) is 3. The van der Waals surface area contributed by atoms with Gasteiger partial charge in [0.25, 0.3) is 0 Å². The first-order chi connectivity index (χ1) is 10.0. The van der Waals surface area contributed by atoms with Gasteiger partial charge in [-0.2, -0.15) is 0 Å². The highest BCUT2D eigenvalue weighted by Crippen LogP contribution is 2.39. The normalized spacial score (nSPS) is 31.1. The summed E-state index contributed by atoms with van der Waals surface area (Å²) < 4.78 is 0. The third-order valence-electron chi connectivity index (χ3n) is 5.35. The lowest BCUT2D eigenvalue weighted by molar-refractivity contribution is -0.137. The summed E-state index contributed by atoms with van der Waals surface area (Å²) in [5.41, 5.74) is -0.00274. The second kappa shape index (κ2) is 5.69. The molecule has 2 aliphatic rings. The smallest absolute Gasteiger partial charge is 0.222 e. The first-order valence-electron chi connectivity index (χ1n) is 7.93. The van der Waals surface area contributed by atoms with Crippen LogP contribution in [0.15, 0.2) is 6.20 Å². The quantitative estimate of drug-likeness (QED) is 0.843. The first-order valence-corrected chi connectivity index (χ1v) is 8.74. The van der Waals surface area contributed by atoms with Crippen LogP contribution in [0.4, 0.5) is 0 Å². The summed E-state index contributed by atoms with van der Waals surface area (Å²) >= 11 is 1.79. The highest BCUT2D eigenvalue weighted by atomic mass is 32.1. The Kier molecular flexibility index (Phi) is 4.06. The molecular weight excluding hydrogens is 282 g/mol. The molecule has 1 aromatic heterocycles. The predicted molar refractivity (Wildman–Crippen MR) is 85.3 cm³/mol. The number of aromatic nitrogens is 1.